The molecule has 0 aliphatic heterocycles. The van der Waals surface area contributed by atoms with Crippen LogP contribution in [-0.4, -0.2) is 31.2 Å². The fourth-order valence-corrected chi connectivity index (χ4v) is 3.10. The number of carboxylic acids is 1. The van der Waals surface area contributed by atoms with Gasteiger partial charge in [0, 0.05) is 25.5 Å². The molecular weight excluding hydrogens is 384 g/mol. The van der Waals surface area contributed by atoms with Gasteiger partial charge in [0.2, 0.25) is 0 Å². The summed E-state index contributed by atoms with van der Waals surface area (Å²) in [5, 5.41) is 21.4. The maximum absolute atomic E-state index is 12.5. The molecule has 0 fully saturated rings. The maximum Gasteiger partial charge on any atom is 0.328 e. The van der Waals surface area contributed by atoms with Crippen LogP contribution in [0, 0.1) is 11.3 Å². The van der Waals surface area contributed by atoms with Crippen molar-refractivity contribution in [3.05, 3.63) is 51.7 Å². The van der Waals surface area contributed by atoms with Crippen LogP contribution in [0.2, 0.25) is 5.15 Å². The molecule has 2 aromatic heterocycles. The molecule has 0 amide bonds. The van der Waals surface area contributed by atoms with Gasteiger partial charge in [-0.1, -0.05) is 11.6 Å². The van der Waals surface area contributed by atoms with Crippen LogP contribution in [-0.2, 0) is 18.4 Å². The van der Waals surface area contributed by atoms with E-state index < -0.39 is 12.0 Å². The summed E-state index contributed by atoms with van der Waals surface area (Å²) >= 11 is 5.95. The summed E-state index contributed by atoms with van der Waals surface area (Å²) in [6, 6.07) is 7.85. The molecule has 0 saturated carbocycles. The topological polar surface area (TPSA) is 139 Å². The van der Waals surface area contributed by atoms with Gasteiger partial charge in [-0.2, -0.15) is 5.26 Å². The molecule has 1 unspecified atom stereocenters. The number of benzene rings is 1. The predicted octanol–water partition coefficient (Wildman–Crippen LogP) is 1.81. The number of hydrogen-bond acceptors (Lipinski definition) is 6. The summed E-state index contributed by atoms with van der Waals surface area (Å²) in [4.78, 5) is 27.4. The molecule has 0 aliphatic rings. The van der Waals surface area contributed by atoms with Crippen LogP contribution >= 0.6 is 11.6 Å². The smallest absolute Gasteiger partial charge is 0.328 e. The molecule has 1 atom stereocenters. The van der Waals surface area contributed by atoms with Crippen LogP contribution in [0.3, 0.4) is 0 Å². The number of halogens is 1. The van der Waals surface area contributed by atoms with Gasteiger partial charge in [-0.05, 0) is 30.7 Å². The van der Waals surface area contributed by atoms with Crippen LogP contribution in [0.25, 0.3) is 11.0 Å². The molecule has 0 radical (unpaired) electrons. The van der Waals surface area contributed by atoms with E-state index in [0.717, 1.165) is 0 Å². The van der Waals surface area contributed by atoms with Crippen molar-refractivity contribution in [1.29, 1.82) is 5.26 Å². The number of nitriles is 1. The first-order chi connectivity index (χ1) is 13.3. The van der Waals surface area contributed by atoms with Crippen molar-refractivity contribution in [3.63, 3.8) is 0 Å². The number of imidazole rings is 1. The largest absolute Gasteiger partial charge is 0.480 e. The average Bonchev–Trinajstić information content (AvgIpc) is 2.90. The Bertz CT molecular complexity index is 1160. The summed E-state index contributed by atoms with van der Waals surface area (Å²) in [5.74, 6) is -1.12. The highest BCUT2D eigenvalue weighted by molar-refractivity contribution is 6.31. The highest BCUT2D eigenvalue weighted by Crippen LogP contribution is 2.26. The quantitative estimate of drug-likeness (QED) is 0.536. The molecule has 0 saturated heterocycles. The van der Waals surface area contributed by atoms with E-state index in [1.807, 2.05) is 6.07 Å². The van der Waals surface area contributed by atoms with Crippen molar-refractivity contribution in [2.75, 3.05) is 5.32 Å². The number of nitrogens with one attached hydrogen (secondary N) is 1. The second kappa shape index (κ2) is 7.72. The molecule has 1 aromatic carbocycles. The fourth-order valence-electron chi connectivity index (χ4n) is 2.90. The Morgan fingerprint density at radius 2 is 2.18 bits per heavy atom. The molecule has 0 aliphatic carbocycles. The number of nitrogens with zero attached hydrogens (tertiary/aromatic N) is 4. The molecule has 9 nitrogen and oxygen atoms in total. The standard InChI is InChI=1S/C18H17ClN6O3/c1-24-14-3-2-10(23-13-4-6-22-16(19)11(13)9-20)8-15(14)25(18(24)28)7-5-12(21)17(26)27/h2-4,6,8,12H,5,7,21H2,1H3,(H,22,23)(H,26,27). The summed E-state index contributed by atoms with van der Waals surface area (Å²) in [6.07, 6.45) is 1.60. The number of aryl methyl sites for hydroxylation is 2. The van der Waals surface area contributed by atoms with E-state index in [9.17, 15) is 14.9 Å². The first-order valence-electron chi connectivity index (χ1n) is 8.32. The minimum Gasteiger partial charge on any atom is -0.480 e. The van der Waals surface area contributed by atoms with Crippen LogP contribution < -0.4 is 16.7 Å². The van der Waals surface area contributed by atoms with E-state index in [4.69, 9.17) is 22.4 Å². The molecule has 0 bridgehead atoms. The summed E-state index contributed by atoms with van der Waals surface area (Å²) < 4.78 is 2.96. The lowest BCUT2D eigenvalue weighted by molar-refractivity contribution is -0.138. The van der Waals surface area contributed by atoms with Crippen molar-refractivity contribution in [2.45, 2.75) is 19.0 Å². The highest BCUT2D eigenvalue weighted by Gasteiger charge is 2.16. The SMILES string of the molecule is Cn1c(=O)n(CCC(N)C(=O)O)c2cc(Nc3ccnc(Cl)c3C#N)ccc21. The third-order valence-corrected chi connectivity index (χ3v) is 4.71. The summed E-state index contributed by atoms with van der Waals surface area (Å²) in [7, 11) is 1.64. The Morgan fingerprint density at radius 1 is 1.43 bits per heavy atom. The highest BCUT2D eigenvalue weighted by atomic mass is 35.5. The van der Waals surface area contributed by atoms with Crippen LogP contribution in [0.15, 0.2) is 35.3 Å². The molecule has 28 heavy (non-hydrogen) atoms. The van der Waals surface area contributed by atoms with Crippen molar-refractivity contribution in [3.8, 4) is 6.07 Å². The predicted molar refractivity (Wildman–Crippen MR) is 105 cm³/mol. The van der Waals surface area contributed by atoms with E-state index in [1.54, 1.807) is 31.3 Å². The zero-order valence-electron chi connectivity index (χ0n) is 14.9. The molecule has 2 heterocycles. The van der Waals surface area contributed by atoms with Crippen molar-refractivity contribution in [2.24, 2.45) is 12.8 Å². The number of rotatable bonds is 6. The van der Waals surface area contributed by atoms with E-state index in [2.05, 4.69) is 10.3 Å². The van der Waals surface area contributed by atoms with Gasteiger partial charge in [0.25, 0.3) is 0 Å². The van der Waals surface area contributed by atoms with Gasteiger partial charge in [-0.3, -0.25) is 13.9 Å². The number of nitrogens with two attached hydrogens (primary N) is 1. The minimum absolute atomic E-state index is 0.0906. The lowest BCUT2D eigenvalue weighted by Gasteiger charge is -2.10. The lowest BCUT2D eigenvalue weighted by atomic mass is 10.2. The zero-order chi connectivity index (χ0) is 20.4. The maximum atomic E-state index is 12.5. The number of pyridine rings is 1. The van der Waals surface area contributed by atoms with Gasteiger partial charge in [0.1, 0.15) is 22.8 Å². The Labute approximate surface area is 164 Å². The van der Waals surface area contributed by atoms with E-state index in [1.165, 1.54) is 15.3 Å². The number of aliphatic carboxylic acids is 1. The second-order valence-electron chi connectivity index (χ2n) is 6.19. The third-order valence-electron chi connectivity index (χ3n) is 4.42. The fraction of sp³-hybridized carbons (Fsp3) is 0.222. The van der Waals surface area contributed by atoms with Crippen molar-refractivity contribution >= 4 is 40.0 Å². The molecule has 3 aromatic rings. The van der Waals surface area contributed by atoms with Gasteiger partial charge in [0.15, 0.2) is 0 Å². The normalized spacial score (nSPS) is 11.9. The number of fused-ring (bicyclic) bond motifs is 1. The minimum atomic E-state index is -1.12. The van der Waals surface area contributed by atoms with Gasteiger partial charge < -0.3 is 16.2 Å². The number of carbonyl (C=O) groups is 1. The van der Waals surface area contributed by atoms with Gasteiger partial charge in [-0.15, -0.1) is 0 Å². The van der Waals surface area contributed by atoms with Gasteiger partial charge in [-0.25, -0.2) is 9.78 Å². The van der Waals surface area contributed by atoms with Crippen LogP contribution in [0.1, 0.15) is 12.0 Å². The molecule has 0 spiro atoms. The second-order valence-corrected chi connectivity index (χ2v) is 6.55. The molecule has 10 heteroatoms. The molecule has 144 valence electrons. The Balaban J connectivity index is 2.00. The first kappa shape index (κ1) is 19.4. The summed E-state index contributed by atoms with van der Waals surface area (Å²) in [6.45, 7) is 0.164. The van der Waals surface area contributed by atoms with E-state index in [0.29, 0.717) is 22.4 Å². The van der Waals surface area contributed by atoms with Crippen LogP contribution in [0.5, 0.6) is 0 Å². The van der Waals surface area contributed by atoms with E-state index in [-0.39, 0.29) is 29.4 Å². The Kier molecular flexibility index (Phi) is 5.35. The van der Waals surface area contributed by atoms with Gasteiger partial charge >= 0.3 is 11.7 Å². The number of anilines is 2. The third kappa shape index (κ3) is 3.55. The van der Waals surface area contributed by atoms with E-state index >= 15 is 0 Å². The summed E-state index contributed by atoms with van der Waals surface area (Å²) in [5.41, 5.74) is 7.93. The zero-order valence-corrected chi connectivity index (χ0v) is 15.6. The van der Waals surface area contributed by atoms with Gasteiger partial charge in [0.05, 0.1) is 16.7 Å². The lowest BCUT2D eigenvalue weighted by Crippen LogP contribution is -2.33. The number of carboxylic acid groups (broad SMARTS) is 1. The molecule has 3 rings (SSSR count). The molecule has 4 N–H and O–H groups in total. The van der Waals surface area contributed by atoms with Crippen LogP contribution in [0.4, 0.5) is 11.4 Å². The average molecular weight is 401 g/mol. The molecular formula is C18H17ClN6O3. The number of aromatic nitrogens is 3. The Morgan fingerprint density at radius 3 is 2.86 bits per heavy atom. The first-order valence-corrected chi connectivity index (χ1v) is 8.70. The Hall–Kier alpha value is -3.35. The van der Waals surface area contributed by atoms with Crippen molar-refractivity contribution in [1.82, 2.24) is 14.1 Å². The monoisotopic (exact) mass is 400 g/mol. The number of hydrogen-bond donors (Lipinski definition) is 3. The van der Waals surface area contributed by atoms with Crippen molar-refractivity contribution < 1.29 is 9.90 Å².